The molecule has 0 radical (unpaired) electrons. The summed E-state index contributed by atoms with van der Waals surface area (Å²) in [7, 11) is 0. The molecule has 0 atom stereocenters. The van der Waals surface area contributed by atoms with E-state index in [2.05, 4.69) is 17.2 Å². The van der Waals surface area contributed by atoms with Gasteiger partial charge in [0, 0.05) is 32.7 Å². The molecular formula is C18H25N3O3. The first-order valence-electron chi connectivity index (χ1n) is 8.51. The number of nitrogens with one attached hydrogen (secondary N) is 1. The van der Waals surface area contributed by atoms with Crippen LogP contribution in [0.25, 0.3) is 10.9 Å². The number of para-hydroxylation sites is 1. The fraction of sp³-hybridized carbons (Fsp3) is 0.500. The van der Waals surface area contributed by atoms with Gasteiger partial charge in [-0.05, 0) is 25.0 Å². The van der Waals surface area contributed by atoms with E-state index in [1.165, 1.54) is 10.9 Å². The predicted octanol–water partition coefficient (Wildman–Crippen LogP) is 2.11. The van der Waals surface area contributed by atoms with E-state index in [-0.39, 0.29) is 17.9 Å². The summed E-state index contributed by atoms with van der Waals surface area (Å²) in [5.41, 5.74) is 0.559. The van der Waals surface area contributed by atoms with Crippen LogP contribution in [0.2, 0.25) is 0 Å². The minimum Gasteiger partial charge on any atom is -0.381 e. The molecule has 1 aromatic heterocycles. The van der Waals surface area contributed by atoms with Crippen LogP contribution < -0.4 is 10.9 Å². The number of hydrogen-bond donors (Lipinski definition) is 1. The van der Waals surface area contributed by atoms with E-state index in [1.807, 2.05) is 12.1 Å². The Labute approximate surface area is 141 Å². The van der Waals surface area contributed by atoms with Crippen LogP contribution >= 0.6 is 0 Å². The van der Waals surface area contributed by atoms with Crippen LogP contribution in [0.4, 0.5) is 0 Å². The molecule has 2 aromatic rings. The molecule has 0 saturated heterocycles. The number of aromatic nitrogens is 2. The third-order valence-corrected chi connectivity index (χ3v) is 3.74. The topological polar surface area (TPSA) is 73.2 Å². The zero-order chi connectivity index (χ0) is 17.2. The molecule has 0 saturated carbocycles. The van der Waals surface area contributed by atoms with E-state index >= 15 is 0 Å². The summed E-state index contributed by atoms with van der Waals surface area (Å²) < 4.78 is 6.92. The number of benzene rings is 1. The van der Waals surface area contributed by atoms with Crippen molar-refractivity contribution in [3.63, 3.8) is 0 Å². The van der Waals surface area contributed by atoms with Gasteiger partial charge in [-0.15, -0.1) is 0 Å². The van der Waals surface area contributed by atoms with Crippen LogP contribution in [0, 0.1) is 0 Å². The van der Waals surface area contributed by atoms with Gasteiger partial charge in [-0.2, -0.15) is 0 Å². The molecule has 1 amide bonds. The highest BCUT2D eigenvalue weighted by atomic mass is 16.5. The molecule has 2 rings (SSSR count). The Morgan fingerprint density at radius 1 is 1.25 bits per heavy atom. The highest BCUT2D eigenvalue weighted by molar-refractivity contribution is 5.77. The molecule has 6 heteroatoms. The van der Waals surface area contributed by atoms with Gasteiger partial charge in [0.25, 0.3) is 5.56 Å². The van der Waals surface area contributed by atoms with Gasteiger partial charge >= 0.3 is 0 Å². The van der Waals surface area contributed by atoms with Crippen LogP contribution in [-0.4, -0.2) is 35.2 Å². The zero-order valence-corrected chi connectivity index (χ0v) is 14.2. The SMILES string of the molecule is CCCCOCCCNC(=O)CCn1cnc2ccccc2c1=O. The number of hydrogen-bond acceptors (Lipinski definition) is 4. The Balaban J connectivity index is 1.72. The molecule has 1 aromatic carbocycles. The van der Waals surface area contributed by atoms with E-state index in [4.69, 9.17) is 4.74 Å². The predicted molar refractivity (Wildman–Crippen MR) is 94.0 cm³/mol. The second kappa shape index (κ2) is 9.82. The second-order valence-corrected chi connectivity index (χ2v) is 5.68. The number of carbonyl (C=O) groups is 1. The minimum atomic E-state index is -0.113. The third kappa shape index (κ3) is 5.45. The molecule has 0 spiro atoms. The van der Waals surface area contributed by atoms with Crippen molar-refractivity contribution in [3.8, 4) is 0 Å². The maximum atomic E-state index is 12.3. The Kier molecular flexibility index (Phi) is 7.42. The van der Waals surface area contributed by atoms with Crippen molar-refractivity contribution in [2.24, 2.45) is 0 Å². The summed E-state index contributed by atoms with van der Waals surface area (Å²) in [4.78, 5) is 28.4. The number of nitrogens with zero attached hydrogens (tertiary/aromatic N) is 2. The molecule has 0 fully saturated rings. The lowest BCUT2D eigenvalue weighted by atomic mass is 10.2. The fourth-order valence-electron chi connectivity index (χ4n) is 2.33. The molecule has 1 N–H and O–H groups in total. The highest BCUT2D eigenvalue weighted by Crippen LogP contribution is 2.04. The van der Waals surface area contributed by atoms with Crippen LogP contribution in [0.1, 0.15) is 32.6 Å². The quantitative estimate of drug-likeness (QED) is 0.677. The van der Waals surface area contributed by atoms with Crippen LogP contribution in [0.5, 0.6) is 0 Å². The Morgan fingerprint density at radius 3 is 2.88 bits per heavy atom. The average Bonchev–Trinajstić information content (AvgIpc) is 2.60. The average molecular weight is 331 g/mol. The molecular weight excluding hydrogens is 306 g/mol. The van der Waals surface area contributed by atoms with Gasteiger partial charge in [-0.1, -0.05) is 25.5 Å². The lowest BCUT2D eigenvalue weighted by molar-refractivity contribution is -0.121. The normalized spacial score (nSPS) is 10.9. The largest absolute Gasteiger partial charge is 0.381 e. The first-order chi connectivity index (χ1) is 11.7. The first-order valence-corrected chi connectivity index (χ1v) is 8.51. The van der Waals surface area contributed by atoms with E-state index < -0.39 is 0 Å². The third-order valence-electron chi connectivity index (χ3n) is 3.74. The molecule has 0 bridgehead atoms. The van der Waals surface area contributed by atoms with Gasteiger partial charge in [0.05, 0.1) is 17.2 Å². The van der Waals surface area contributed by atoms with Crippen molar-refractivity contribution < 1.29 is 9.53 Å². The molecule has 6 nitrogen and oxygen atoms in total. The number of carbonyl (C=O) groups excluding carboxylic acids is 1. The fourth-order valence-corrected chi connectivity index (χ4v) is 2.33. The van der Waals surface area contributed by atoms with Crippen LogP contribution in [0.15, 0.2) is 35.4 Å². The van der Waals surface area contributed by atoms with E-state index in [9.17, 15) is 9.59 Å². The van der Waals surface area contributed by atoms with E-state index in [0.29, 0.717) is 30.6 Å². The van der Waals surface area contributed by atoms with Crippen LogP contribution in [-0.2, 0) is 16.1 Å². The van der Waals surface area contributed by atoms with Gasteiger partial charge in [-0.25, -0.2) is 4.98 Å². The standard InChI is InChI=1S/C18H25N3O3/c1-2-3-12-24-13-6-10-19-17(22)9-11-21-14-20-16-8-5-4-7-15(16)18(21)23/h4-5,7-8,14H,2-3,6,9-13H2,1H3,(H,19,22). The second-order valence-electron chi connectivity index (χ2n) is 5.68. The van der Waals surface area contributed by atoms with Crippen molar-refractivity contribution in [2.45, 2.75) is 39.2 Å². The summed E-state index contributed by atoms with van der Waals surface area (Å²) in [5, 5.41) is 3.42. The van der Waals surface area contributed by atoms with Crippen LogP contribution in [0.3, 0.4) is 0 Å². The molecule has 0 unspecified atom stereocenters. The number of amides is 1. The molecule has 0 aliphatic carbocycles. The summed E-state index contributed by atoms with van der Waals surface area (Å²) in [5.74, 6) is -0.0661. The number of unbranched alkanes of at least 4 members (excludes halogenated alkanes) is 1. The van der Waals surface area contributed by atoms with E-state index in [1.54, 1.807) is 12.1 Å². The molecule has 130 valence electrons. The number of rotatable bonds is 10. The van der Waals surface area contributed by atoms with Crippen molar-refractivity contribution in [2.75, 3.05) is 19.8 Å². The highest BCUT2D eigenvalue weighted by Gasteiger charge is 2.06. The number of fused-ring (bicyclic) bond motifs is 1. The summed E-state index contributed by atoms with van der Waals surface area (Å²) in [6.07, 6.45) is 4.75. The number of ether oxygens (including phenoxy) is 1. The van der Waals surface area contributed by atoms with Gasteiger partial charge in [-0.3, -0.25) is 14.2 Å². The van der Waals surface area contributed by atoms with Crippen molar-refractivity contribution >= 4 is 16.8 Å². The molecule has 0 aliphatic heterocycles. The van der Waals surface area contributed by atoms with E-state index in [0.717, 1.165) is 25.9 Å². The van der Waals surface area contributed by atoms with Crippen molar-refractivity contribution in [1.29, 1.82) is 0 Å². The van der Waals surface area contributed by atoms with Gasteiger partial charge in [0.15, 0.2) is 0 Å². The zero-order valence-electron chi connectivity index (χ0n) is 14.2. The van der Waals surface area contributed by atoms with Gasteiger partial charge < -0.3 is 10.1 Å². The lowest BCUT2D eigenvalue weighted by Gasteiger charge is -2.08. The lowest BCUT2D eigenvalue weighted by Crippen LogP contribution is -2.28. The molecule has 24 heavy (non-hydrogen) atoms. The van der Waals surface area contributed by atoms with Gasteiger partial charge in [0.1, 0.15) is 0 Å². The molecule has 0 aliphatic rings. The smallest absolute Gasteiger partial charge is 0.261 e. The maximum absolute atomic E-state index is 12.3. The monoisotopic (exact) mass is 331 g/mol. The summed E-state index contributed by atoms with van der Waals surface area (Å²) >= 11 is 0. The minimum absolute atomic E-state index is 0.0661. The summed E-state index contributed by atoms with van der Waals surface area (Å²) in [6.45, 7) is 4.49. The summed E-state index contributed by atoms with van der Waals surface area (Å²) in [6, 6.07) is 7.21. The van der Waals surface area contributed by atoms with Crippen molar-refractivity contribution in [3.05, 3.63) is 40.9 Å². The first kappa shape index (κ1) is 18.1. The Bertz CT molecular complexity index is 712. The van der Waals surface area contributed by atoms with Gasteiger partial charge in [0.2, 0.25) is 5.91 Å². The molecule has 1 heterocycles. The Hall–Kier alpha value is -2.21. The Morgan fingerprint density at radius 2 is 2.04 bits per heavy atom. The maximum Gasteiger partial charge on any atom is 0.261 e. The van der Waals surface area contributed by atoms with Crippen molar-refractivity contribution in [1.82, 2.24) is 14.9 Å². The number of aryl methyl sites for hydroxylation is 1.